The lowest BCUT2D eigenvalue weighted by Gasteiger charge is -2.05. The van der Waals surface area contributed by atoms with Crippen molar-refractivity contribution >= 4 is 17.6 Å². The fourth-order valence-electron chi connectivity index (χ4n) is 1.45. The molecule has 0 amide bonds. The Morgan fingerprint density at radius 2 is 2.24 bits per heavy atom. The van der Waals surface area contributed by atoms with Gasteiger partial charge < -0.3 is 9.84 Å². The number of halogens is 1. The zero-order valence-electron chi connectivity index (χ0n) is 8.90. The van der Waals surface area contributed by atoms with Gasteiger partial charge in [-0.2, -0.15) is 5.10 Å². The third kappa shape index (κ3) is 2.24. The van der Waals surface area contributed by atoms with Gasteiger partial charge in [0.05, 0.1) is 12.8 Å². The highest BCUT2D eigenvalue weighted by atomic mass is 35.5. The van der Waals surface area contributed by atoms with Gasteiger partial charge in [0.15, 0.2) is 0 Å². The molecule has 2 rings (SSSR count). The molecule has 2 N–H and O–H groups in total. The number of nitrogens with zero attached hydrogens (tertiary/aromatic N) is 1. The van der Waals surface area contributed by atoms with Crippen LogP contribution in [0.4, 0.5) is 0 Å². The van der Waals surface area contributed by atoms with Gasteiger partial charge in [-0.3, -0.25) is 5.10 Å². The lowest BCUT2D eigenvalue weighted by atomic mass is 10.1. The number of carbonyl (C=O) groups is 1. The van der Waals surface area contributed by atoms with Crippen LogP contribution in [-0.4, -0.2) is 28.4 Å². The van der Waals surface area contributed by atoms with E-state index in [2.05, 4.69) is 10.2 Å². The first-order valence-corrected chi connectivity index (χ1v) is 5.12. The summed E-state index contributed by atoms with van der Waals surface area (Å²) in [6, 6.07) is 6.49. The number of nitrogens with one attached hydrogen (secondary N) is 1. The third-order valence-electron chi connectivity index (χ3n) is 2.25. The van der Waals surface area contributed by atoms with E-state index >= 15 is 0 Å². The number of ether oxygens (including phenoxy) is 1. The molecule has 0 aliphatic carbocycles. The average Bonchev–Trinajstić information content (AvgIpc) is 2.78. The van der Waals surface area contributed by atoms with Crippen LogP contribution >= 0.6 is 11.6 Å². The van der Waals surface area contributed by atoms with E-state index in [4.69, 9.17) is 21.4 Å². The van der Waals surface area contributed by atoms with Gasteiger partial charge in [0.2, 0.25) is 0 Å². The second-order valence-electron chi connectivity index (χ2n) is 3.32. The van der Waals surface area contributed by atoms with E-state index in [1.807, 2.05) is 0 Å². The number of carboxylic acids is 1. The second-order valence-corrected chi connectivity index (χ2v) is 3.75. The van der Waals surface area contributed by atoms with Crippen molar-refractivity contribution in [3.05, 3.63) is 35.0 Å². The smallest absolute Gasteiger partial charge is 0.353 e. The molecule has 0 unspecified atom stereocenters. The number of carboxylic acid groups (broad SMARTS) is 1. The van der Waals surface area contributed by atoms with Crippen molar-refractivity contribution in [2.75, 3.05) is 7.11 Å². The highest BCUT2D eigenvalue weighted by Crippen LogP contribution is 2.31. The van der Waals surface area contributed by atoms with E-state index in [9.17, 15) is 4.79 Å². The summed E-state index contributed by atoms with van der Waals surface area (Å²) in [4.78, 5) is 10.7. The number of aromatic carboxylic acids is 1. The van der Waals surface area contributed by atoms with Crippen LogP contribution < -0.4 is 4.74 Å². The van der Waals surface area contributed by atoms with Gasteiger partial charge in [-0.1, -0.05) is 11.6 Å². The quantitative estimate of drug-likeness (QED) is 0.880. The maximum atomic E-state index is 10.7. The van der Waals surface area contributed by atoms with Crippen molar-refractivity contribution in [1.29, 1.82) is 0 Å². The summed E-state index contributed by atoms with van der Waals surface area (Å²) in [6.07, 6.45) is 0. The number of methoxy groups -OCH3 is 1. The normalized spacial score (nSPS) is 10.2. The minimum absolute atomic E-state index is 0.0158. The predicted molar refractivity (Wildman–Crippen MR) is 62.5 cm³/mol. The molecule has 5 nitrogen and oxygen atoms in total. The lowest BCUT2D eigenvalue weighted by Crippen LogP contribution is -1.95. The molecule has 1 aromatic carbocycles. The Kier molecular flexibility index (Phi) is 3.01. The summed E-state index contributed by atoms with van der Waals surface area (Å²) in [6.45, 7) is 0. The average molecular weight is 253 g/mol. The number of H-pyrrole nitrogens is 1. The van der Waals surface area contributed by atoms with Crippen LogP contribution in [0, 0.1) is 0 Å². The Morgan fingerprint density at radius 3 is 2.82 bits per heavy atom. The number of aromatic amines is 1. The van der Waals surface area contributed by atoms with Gasteiger partial charge in [0.1, 0.15) is 11.4 Å². The van der Waals surface area contributed by atoms with Crippen LogP contribution in [0.3, 0.4) is 0 Å². The van der Waals surface area contributed by atoms with Crippen LogP contribution in [0.25, 0.3) is 11.3 Å². The first kappa shape index (κ1) is 11.5. The Hall–Kier alpha value is -2.01. The molecule has 0 radical (unpaired) electrons. The van der Waals surface area contributed by atoms with E-state index < -0.39 is 5.97 Å². The molecule has 0 aliphatic rings. The molecule has 0 spiro atoms. The fraction of sp³-hybridized carbons (Fsp3) is 0.0909. The Bertz CT molecular complexity index is 566. The van der Waals surface area contributed by atoms with Gasteiger partial charge in [-0.25, -0.2) is 4.79 Å². The molecular formula is C11H9ClN2O3. The van der Waals surface area contributed by atoms with E-state index in [-0.39, 0.29) is 5.69 Å². The molecule has 1 aromatic heterocycles. The van der Waals surface area contributed by atoms with Gasteiger partial charge in [0, 0.05) is 10.6 Å². The van der Waals surface area contributed by atoms with Crippen molar-refractivity contribution in [2.24, 2.45) is 0 Å². The molecule has 0 bridgehead atoms. The third-order valence-corrected chi connectivity index (χ3v) is 2.48. The number of hydrogen-bond donors (Lipinski definition) is 2. The Labute approximate surface area is 102 Å². The van der Waals surface area contributed by atoms with E-state index in [0.717, 1.165) is 0 Å². The molecule has 0 fully saturated rings. The maximum Gasteiger partial charge on any atom is 0.353 e. The Balaban J connectivity index is 2.51. The summed E-state index contributed by atoms with van der Waals surface area (Å²) in [5, 5.41) is 15.7. The van der Waals surface area contributed by atoms with Crippen LogP contribution in [0.15, 0.2) is 24.3 Å². The van der Waals surface area contributed by atoms with Gasteiger partial charge in [0.25, 0.3) is 0 Å². The molecule has 17 heavy (non-hydrogen) atoms. The van der Waals surface area contributed by atoms with Crippen LogP contribution in [0.1, 0.15) is 10.5 Å². The minimum Gasteiger partial charge on any atom is -0.496 e. The zero-order chi connectivity index (χ0) is 12.4. The molecule has 6 heteroatoms. The first-order valence-electron chi connectivity index (χ1n) is 4.74. The highest BCUT2D eigenvalue weighted by molar-refractivity contribution is 6.30. The zero-order valence-corrected chi connectivity index (χ0v) is 9.65. The monoisotopic (exact) mass is 252 g/mol. The summed E-state index contributed by atoms with van der Waals surface area (Å²) in [5.41, 5.74) is 1.13. The van der Waals surface area contributed by atoms with Crippen molar-refractivity contribution < 1.29 is 14.6 Å². The number of hydrogen-bond acceptors (Lipinski definition) is 3. The Morgan fingerprint density at radius 1 is 1.47 bits per heavy atom. The van der Waals surface area contributed by atoms with Gasteiger partial charge in [-0.05, 0) is 24.3 Å². The number of aromatic nitrogens is 2. The second kappa shape index (κ2) is 4.47. The number of benzene rings is 1. The van der Waals surface area contributed by atoms with Crippen LogP contribution in [0.5, 0.6) is 5.75 Å². The SMILES string of the molecule is COc1ccc(Cl)cc1-c1cc(C(=O)O)[nH]n1. The molecule has 0 saturated carbocycles. The summed E-state index contributed by atoms with van der Waals surface area (Å²) in [7, 11) is 1.53. The van der Waals surface area contributed by atoms with E-state index in [0.29, 0.717) is 22.0 Å². The molecule has 2 aromatic rings. The summed E-state index contributed by atoms with van der Waals surface area (Å²) in [5.74, 6) is -0.484. The number of rotatable bonds is 3. The first-order chi connectivity index (χ1) is 8.11. The molecule has 1 heterocycles. The maximum absolute atomic E-state index is 10.7. The van der Waals surface area contributed by atoms with Crippen molar-refractivity contribution in [3.8, 4) is 17.0 Å². The fourth-order valence-corrected chi connectivity index (χ4v) is 1.62. The lowest BCUT2D eigenvalue weighted by molar-refractivity contribution is 0.0690. The molecule has 88 valence electrons. The van der Waals surface area contributed by atoms with Crippen LogP contribution in [-0.2, 0) is 0 Å². The largest absolute Gasteiger partial charge is 0.496 e. The highest BCUT2D eigenvalue weighted by Gasteiger charge is 2.13. The molecule has 0 atom stereocenters. The van der Waals surface area contributed by atoms with E-state index in [1.54, 1.807) is 18.2 Å². The van der Waals surface area contributed by atoms with Crippen molar-refractivity contribution in [3.63, 3.8) is 0 Å². The van der Waals surface area contributed by atoms with E-state index in [1.165, 1.54) is 13.2 Å². The topological polar surface area (TPSA) is 75.2 Å². The van der Waals surface area contributed by atoms with Crippen molar-refractivity contribution in [1.82, 2.24) is 10.2 Å². The predicted octanol–water partition coefficient (Wildman–Crippen LogP) is 2.44. The standard InChI is InChI=1S/C11H9ClN2O3/c1-17-10-3-2-6(12)4-7(10)8-5-9(11(15)16)14-13-8/h2-5H,1H3,(H,13,14)(H,15,16). The summed E-state index contributed by atoms with van der Waals surface area (Å²) < 4.78 is 5.16. The van der Waals surface area contributed by atoms with Gasteiger partial charge >= 0.3 is 5.97 Å². The molecule has 0 aliphatic heterocycles. The van der Waals surface area contributed by atoms with Crippen LogP contribution in [0.2, 0.25) is 5.02 Å². The van der Waals surface area contributed by atoms with Gasteiger partial charge in [-0.15, -0.1) is 0 Å². The minimum atomic E-state index is -1.07. The summed E-state index contributed by atoms with van der Waals surface area (Å²) >= 11 is 5.88. The molecule has 0 saturated heterocycles. The molecular weight excluding hydrogens is 244 g/mol. The van der Waals surface area contributed by atoms with Crippen molar-refractivity contribution in [2.45, 2.75) is 0 Å².